The van der Waals surface area contributed by atoms with E-state index in [-0.39, 0.29) is 6.04 Å². The van der Waals surface area contributed by atoms with E-state index in [1.54, 1.807) is 12.4 Å². The molecule has 0 spiro atoms. The lowest BCUT2D eigenvalue weighted by molar-refractivity contribution is 0.429. The maximum Gasteiger partial charge on any atom is 0.0780 e. The van der Waals surface area contributed by atoms with Gasteiger partial charge in [-0.2, -0.15) is 0 Å². The van der Waals surface area contributed by atoms with Gasteiger partial charge in [-0.05, 0) is 93.1 Å². The van der Waals surface area contributed by atoms with Gasteiger partial charge in [-0.1, -0.05) is 36.4 Å². The van der Waals surface area contributed by atoms with E-state index in [1.165, 1.54) is 16.7 Å². The van der Waals surface area contributed by atoms with Crippen LogP contribution in [0.5, 0.6) is 0 Å². The molecular formula is C24H33ClN4. The van der Waals surface area contributed by atoms with E-state index < -0.39 is 0 Å². The summed E-state index contributed by atoms with van der Waals surface area (Å²) in [6.45, 7) is 4.74. The Morgan fingerprint density at radius 3 is 2.97 bits per heavy atom. The van der Waals surface area contributed by atoms with E-state index in [4.69, 9.17) is 17.3 Å². The molecule has 0 saturated heterocycles. The summed E-state index contributed by atoms with van der Waals surface area (Å²) in [6.07, 6.45) is 12.0. The second-order valence-corrected chi connectivity index (χ2v) is 8.29. The fraction of sp³-hybridized carbons (Fsp3) is 0.417. The zero-order valence-electron chi connectivity index (χ0n) is 17.3. The Bertz CT molecular complexity index is 809. The van der Waals surface area contributed by atoms with Crippen LogP contribution in [0.3, 0.4) is 0 Å². The molecule has 1 aromatic carbocycles. The Morgan fingerprint density at radius 2 is 2.24 bits per heavy atom. The van der Waals surface area contributed by atoms with Crippen molar-refractivity contribution in [1.29, 1.82) is 0 Å². The molecule has 1 aromatic rings. The summed E-state index contributed by atoms with van der Waals surface area (Å²) in [5.74, 6) is 0.556. The van der Waals surface area contributed by atoms with Crippen molar-refractivity contribution in [3.05, 3.63) is 76.8 Å². The van der Waals surface area contributed by atoms with Crippen molar-refractivity contribution in [2.45, 2.75) is 44.6 Å². The largest absolute Gasteiger partial charge is 0.403 e. The molecule has 2 atom stereocenters. The van der Waals surface area contributed by atoms with Gasteiger partial charge in [0.2, 0.25) is 0 Å². The van der Waals surface area contributed by atoms with Gasteiger partial charge in [-0.3, -0.25) is 0 Å². The molecule has 29 heavy (non-hydrogen) atoms. The number of nitrogens with two attached hydrogens (primary N) is 1. The fourth-order valence-electron chi connectivity index (χ4n) is 4.09. The topological polar surface area (TPSA) is 62.1 Å². The molecule has 0 amide bonds. The van der Waals surface area contributed by atoms with Crippen LogP contribution in [0, 0.1) is 5.92 Å². The molecule has 156 valence electrons. The van der Waals surface area contributed by atoms with Crippen LogP contribution in [0.25, 0.3) is 0 Å². The van der Waals surface area contributed by atoms with Gasteiger partial charge >= 0.3 is 0 Å². The smallest absolute Gasteiger partial charge is 0.0780 e. The highest BCUT2D eigenvalue weighted by molar-refractivity contribution is 6.31. The molecular weight excluding hydrogens is 380 g/mol. The number of hydrogen-bond donors (Lipinski definition) is 4. The van der Waals surface area contributed by atoms with Gasteiger partial charge in [-0.15, -0.1) is 0 Å². The summed E-state index contributed by atoms with van der Waals surface area (Å²) in [7, 11) is 2.01. The number of halogens is 1. The van der Waals surface area contributed by atoms with Crippen molar-refractivity contribution in [2.75, 3.05) is 18.9 Å². The Balaban J connectivity index is 1.58. The Hall–Kier alpha value is -2.17. The number of nitrogens with one attached hydrogen (secondary N) is 3. The molecule has 0 bridgehead atoms. The first kappa shape index (κ1) is 21.5. The number of aryl methyl sites for hydroxylation is 1. The molecule has 5 N–H and O–H groups in total. The van der Waals surface area contributed by atoms with E-state index in [2.05, 4.69) is 52.9 Å². The summed E-state index contributed by atoms with van der Waals surface area (Å²) in [5.41, 5.74) is 12.2. The summed E-state index contributed by atoms with van der Waals surface area (Å²) >= 11 is 6.39. The van der Waals surface area contributed by atoms with Gasteiger partial charge in [0.15, 0.2) is 0 Å². The minimum Gasteiger partial charge on any atom is -0.403 e. The zero-order chi connectivity index (χ0) is 20.6. The van der Waals surface area contributed by atoms with Crippen LogP contribution in [-0.4, -0.2) is 19.6 Å². The van der Waals surface area contributed by atoms with E-state index in [1.807, 2.05) is 7.05 Å². The average Bonchev–Trinajstić information content (AvgIpc) is 3.44. The predicted molar refractivity (Wildman–Crippen MR) is 125 cm³/mol. The summed E-state index contributed by atoms with van der Waals surface area (Å²) in [6, 6.07) is 8.82. The zero-order valence-corrected chi connectivity index (χ0v) is 18.1. The maximum absolute atomic E-state index is 6.39. The Morgan fingerprint density at radius 1 is 1.38 bits per heavy atom. The number of benzene rings is 1. The van der Waals surface area contributed by atoms with Gasteiger partial charge < -0.3 is 21.7 Å². The SMILES string of the molecule is C=CNc1cccc(CCC(CCNC)C/C(=C\N)NC2C3=CCCC(Cl)=C32)c1. The average molecular weight is 413 g/mol. The van der Waals surface area contributed by atoms with Crippen LogP contribution >= 0.6 is 11.6 Å². The number of rotatable bonds is 12. The fourth-order valence-corrected chi connectivity index (χ4v) is 4.42. The first-order valence-electron chi connectivity index (χ1n) is 10.5. The van der Waals surface area contributed by atoms with Crippen molar-refractivity contribution in [1.82, 2.24) is 10.6 Å². The maximum atomic E-state index is 6.39. The van der Waals surface area contributed by atoms with Crippen molar-refractivity contribution in [2.24, 2.45) is 11.7 Å². The number of hydrogen-bond acceptors (Lipinski definition) is 4. The third-order valence-corrected chi connectivity index (χ3v) is 6.12. The van der Waals surface area contributed by atoms with Gasteiger partial charge in [0, 0.05) is 22.6 Å². The molecule has 1 saturated carbocycles. The molecule has 0 radical (unpaired) electrons. The van der Waals surface area contributed by atoms with Gasteiger partial charge in [0.05, 0.1) is 6.04 Å². The van der Waals surface area contributed by atoms with Crippen molar-refractivity contribution in [3.8, 4) is 0 Å². The third kappa shape index (κ3) is 5.91. The van der Waals surface area contributed by atoms with E-state index in [0.717, 1.165) is 61.5 Å². The van der Waals surface area contributed by atoms with Gasteiger partial charge in [0.25, 0.3) is 0 Å². The minimum atomic E-state index is 0.270. The van der Waals surface area contributed by atoms with Gasteiger partial charge in [0.1, 0.15) is 0 Å². The number of fused-ring (bicyclic) bond motifs is 1. The van der Waals surface area contributed by atoms with Crippen molar-refractivity contribution >= 4 is 17.3 Å². The molecule has 0 heterocycles. The molecule has 2 aliphatic rings. The lowest BCUT2D eigenvalue weighted by Gasteiger charge is -2.20. The molecule has 3 rings (SSSR count). The second kappa shape index (κ2) is 10.6. The van der Waals surface area contributed by atoms with Crippen LogP contribution in [-0.2, 0) is 6.42 Å². The number of anilines is 1. The molecule has 4 nitrogen and oxygen atoms in total. The third-order valence-electron chi connectivity index (χ3n) is 5.73. The van der Waals surface area contributed by atoms with Crippen LogP contribution in [0.4, 0.5) is 5.69 Å². The molecule has 2 aliphatic carbocycles. The van der Waals surface area contributed by atoms with E-state index in [9.17, 15) is 0 Å². The van der Waals surface area contributed by atoms with Crippen LogP contribution in [0.2, 0.25) is 0 Å². The molecule has 0 aromatic heterocycles. The van der Waals surface area contributed by atoms with E-state index in [0.29, 0.717) is 5.92 Å². The number of allylic oxidation sites excluding steroid dienone is 3. The standard InChI is InChI=1S/C24H33ClN4/c1-3-28-19-7-4-6-17(14-19)10-11-18(12-13-27-2)15-20(16-26)29-24-21-8-5-9-22(25)23(21)24/h3-4,6-8,14,16,18,24,27-29H,1,5,9-13,15,26H2,2H3/b20-16+. The first-order valence-corrected chi connectivity index (χ1v) is 10.9. The normalized spacial score (nSPS) is 19.3. The molecule has 2 unspecified atom stereocenters. The highest BCUT2D eigenvalue weighted by Gasteiger charge is 2.41. The quantitative estimate of drug-likeness (QED) is 0.399. The van der Waals surface area contributed by atoms with Crippen LogP contribution in [0.15, 0.2) is 71.2 Å². The van der Waals surface area contributed by atoms with Crippen molar-refractivity contribution in [3.63, 3.8) is 0 Å². The second-order valence-electron chi connectivity index (χ2n) is 7.84. The van der Waals surface area contributed by atoms with E-state index >= 15 is 0 Å². The summed E-state index contributed by atoms with van der Waals surface area (Å²) in [5, 5.41) is 11.1. The monoisotopic (exact) mass is 412 g/mol. The molecule has 1 fully saturated rings. The summed E-state index contributed by atoms with van der Waals surface area (Å²) in [4.78, 5) is 0. The Kier molecular flexibility index (Phi) is 7.84. The highest BCUT2D eigenvalue weighted by atomic mass is 35.5. The highest BCUT2D eigenvalue weighted by Crippen LogP contribution is 2.46. The van der Waals surface area contributed by atoms with Crippen LogP contribution < -0.4 is 21.7 Å². The van der Waals surface area contributed by atoms with Crippen LogP contribution in [0.1, 0.15) is 37.7 Å². The molecule has 5 heteroatoms. The van der Waals surface area contributed by atoms with Gasteiger partial charge in [-0.25, -0.2) is 0 Å². The molecule has 0 aliphatic heterocycles. The van der Waals surface area contributed by atoms with Crippen molar-refractivity contribution < 1.29 is 0 Å². The predicted octanol–water partition coefficient (Wildman–Crippen LogP) is 4.78. The minimum absolute atomic E-state index is 0.270. The summed E-state index contributed by atoms with van der Waals surface area (Å²) < 4.78 is 0. The lowest BCUT2D eigenvalue weighted by Crippen LogP contribution is -2.22. The first-order chi connectivity index (χ1) is 14.2. The lowest BCUT2D eigenvalue weighted by atomic mass is 9.92. The Labute approximate surface area is 180 Å².